The molecule has 0 unspecified atom stereocenters. The normalized spacial score (nSPS) is 10.4. The van der Waals surface area contributed by atoms with Gasteiger partial charge in [0, 0.05) is 23.4 Å². The van der Waals surface area contributed by atoms with Crippen LogP contribution in [0.1, 0.15) is 32.7 Å². The van der Waals surface area contributed by atoms with Crippen LogP contribution < -0.4 is 16.4 Å². The first-order valence-electron chi connectivity index (χ1n) is 8.81. The highest BCUT2D eigenvalue weighted by Crippen LogP contribution is 2.16. The fraction of sp³-hybridized carbons (Fsp3) is 0.150. The van der Waals surface area contributed by atoms with E-state index in [4.69, 9.17) is 11.1 Å². The van der Waals surface area contributed by atoms with Gasteiger partial charge in [-0.25, -0.2) is 9.78 Å². The number of benzene rings is 1. The number of carbonyl (C=O) groups excluding carboxylic acids is 2. The molecule has 5 N–H and O–H groups in total. The maximum Gasteiger partial charge on any atom is 0.349 e. The Labute approximate surface area is 167 Å². The van der Waals surface area contributed by atoms with Crippen molar-refractivity contribution < 1.29 is 9.59 Å². The Kier molecular flexibility index (Phi) is 5.40. The molecule has 148 valence electrons. The smallest absolute Gasteiger partial charge is 0.349 e. The zero-order chi connectivity index (χ0) is 21.1. The molecule has 2 aromatic heterocycles. The Hall–Kier alpha value is -4.01. The molecule has 0 aliphatic heterocycles. The van der Waals surface area contributed by atoms with Gasteiger partial charge in [-0.3, -0.25) is 15.5 Å². The van der Waals surface area contributed by atoms with Gasteiger partial charge in [0.25, 0.3) is 5.91 Å². The Morgan fingerprint density at radius 2 is 1.83 bits per heavy atom. The van der Waals surface area contributed by atoms with Crippen molar-refractivity contribution in [2.75, 3.05) is 10.6 Å². The maximum absolute atomic E-state index is 12.7. The first kappa shape index (κ1) is 19.7. The van der Waals surface area contributed by atoms with E-state index in [0.29, 0.717) is 28.2 Å². The van der Waals surface area contributed by atoms with Gasteiger partial charge in [-0.1, -0.05) is 12.1 Å². The summed E-state index contributed by atoms with van der Waals surface area (Å²) in [7, 11) is 0. The predicted octanol–water partition coefficient (Wildman–Crippen LogP) is 2.82. The summed E-state index contributed by atoms with van der Waals surface area (Å²) in [5.74, 6) is 0.129. The highest BCUT2D eigenvalue weighted by atomic mass is 16.2. The summed E-state index contributed by atoms with van der Waals surface area (Å²) in [6, 6.07) is 9.41. The Morgan fingerprint density at radius 1 is 1.07 bits per heavy atom. The van der Waals surface area contributed by atoms with E-state index in [1.54, 1.807) is 50.4 Å². The van der Waals surface area contributed by atoms with Crippen LogP contribution in [0.3, 0.4) is 0 Å². The topological polar surface area (TPSA) is 139 Å². The monoisotopic (exact) mass is 391 g/mol. The van der Waals surface area contributed by atoms with Gasteiger partial charge in [-0.2, -0.15) is 9.78 Å². The van der Waals surface area contributed by atoms with Crippen molar-refractivity contribution >= 4 is 29.4 Å². The van der Waals surface area contributed by atoms with Gasteiger partial charge in [-0.05, 0) is 50.1 Å². The van der Waals surface area contributed by atoms with Gasteiger partial charge < -0.3 is 11.1 Å². The van der Waals surface area contributed by atoms with Gasteiger partial charge in [0.2, 0.25) is 0 Å². The quantitative estimate of drug-likeness (QED) is 0.400. The standard InChI is InChI=1S/C20H21N7O2/c1-11-4-7-16(23-10-11)24-20(29)27-17(9-13(3)26-27)25-19(28)15-6-5-14(18(21)22)8-12(15)2/h4-10H,1-3H3,(H3,21,22)(H,25,28)(H,23,24,29). The van der Waals surface area contributed by atoms with Gasteiger partial charge >= 0.3 is 6.03 Å². The summed E-state index contributed by atoms with van der Waals surface area (Å²) in [6.07, 6.45) is 1.64. The number of aromatic nitrogens is 3. The van der Waals surface area contributed by atoms with E-state index in [2.05, 4.69) is 20.7 Å². The number of nitrogens with two attached hydrogens (primary N) is 1. The summed E-state index contributed by atoms with van der Waals surface area (Å²) in [5.41, 5.74) is 8.61. The third-order valence-corrected chi connectivity index (χ3v) is 4.19. The molecule has 1 aromatic carbocycles. The lowest BCUT2D eigenvalue weighted by atomic mass is 10.0. The van der Waals surface area contributed by atoms with Crippen molar-refractivity contribution in [2.24, 2.45) is 5.73 Å². The number of nitrogens with one attached hydrogen (secondary N) is 3. The molecule has 2 amide bonds. The van der Waals surface area contributed by atoms with Crippen molar-refractivity contribution in [2.45, 2.75) is 20.8 Å². The molecule has 0 fully saturated rings. The molecule has 0 radical (unpaired) electrons. The Bertz CT molecular complexity index is 1100. The molecular formula is C20H21N7O2. The van der Waals surface area contributed by atoms with E-state index in [1.807, 2.05) is 13.0 Å². The average molecular weight is 391 g/mol. The highest BCUT2D eigenvalue weighted by molar-refractivity contribution is 6.07. The van der Waals surface area contributed by atoms with E-state index in [-0.39, 0.29) is 11.7 Å². The fourth-order valence-corrected chi connectivity index (χ4v) is 2.72. The zero-order valence-electron chi connectivity index (χ0n) is 16.3. The molecule has 0 saturated heterocycles. The van der Waals surface area contributed by atoms with Crippen LogP contribution in [0.25, 0.3) is 0 Å². The lowest BCUT2D eigenvalue weighted by Gasteiger charge is -2.11. The van der Waals surface area contributed by atoms with Gasteiger partial charge in [-0.15, -0.1) is 0 Å². The number of carbonyl (C=O) groups is 2. The van der Waals surface area contributed by atoms with Crippen LogP contribution in [0, 0.1) is 26.2 Å². The van der Waals surface area contributed by atoms with Gasteiger partial charge in [0.1, 0.15) is 17.5 Å². The maximum atomic E-state index is 12.7. The SMILES string of the molecule is Cc1ccc(NC(=O)n2nc(C)cc2NC(=O)c2ccc(C(=N)N)cc2C)nc1. The molecule has 29 heavy (non-hydrogen) atoms. The number of rotatable bonds is 4. The number of pyridine rings is 1. The van der Waals surface area contributed by atoms with Crippen molar-refractivity contribution in [3.63, 3.8) is 0 Å². The molecule has 0 saturated carbocycles. The van der Waals surface area contributed by atoms with Crippen LogP contribution in [-0.4, -0.2) is 32.5 Å². The predicted molar refractivity (Wildman–Crippen MR) is 111 cm³/mol. The molecule has 3 aromatic rings. The molecular weight excluding hydrogens is 370 g/mol. The molecule has 3 rings (SSSR count). The second kappa shape index (κ2) is 7.93. The second-order valence-electron chi connectivity index (χ2n) is 6.63. The Balaban J connectivity index is 1.81. The number of anilines is 2. The number of nitrogens with zero attached hydrogens (tertiary/aromatic N) is 3. The average Bonchev–Trinajstić information content (AvgIpc) is 3.03. The van der Waals surface area contributed by atoms with E-state index < -0.39 is 11.9 Å². The third kappa shape index (κ3) is 4.46. The lowest BCUT2D eigenvalue weighted by Crippen LogP contribution is -2.25. The van der Waals surface area contributed by atoms with Crippen LogP contribution in [-0.2, 0) is 0 Å². The Morgan fingerprint density at radius 3 is 2.45 bits per heavy atom. The van der Waals surface area contributed by atoms with Crippen molar-refractivity contribution in [3.05, 3.63) is 70.5 Å². The summed E-state index contributed by atoms with van der Waals surface area (Å²) >= 11 is 0. The van der Waals surface area contributed by atoms with E-state index in [0.717, 1.165) is 10.2 Å². The molecule has 9 nitrogen and oxygen atoms in total. The van der Waals surface area contributed by atoms with Crippen molar-refractivity contribution in [1.82, 2.24) is 14.8 Å². The summed E-state index contributed by atoms with van der Waals surface area (Å²) in [6.45, 7) is 5.37. The summed E-state index contributed by atoms with van der Waals surface area (Å²) in [4.78, 5) is 29.4. The van der Waals surface area contributed by atoms with Gasteiger partial charge in [0.05, 0.1) is 5.69 Å². The van der Waals surface area contributed by atoms with E-state index >= 15 is 0 Å². The molecule has 0 atom stereocenters. The molecule has 2 heterocycles. The van der Waals surface area contributed by atoms with Crippen LogP contribution in [0.2, 0.25) is 0 Å². The molecule has 0 aliphatic carbocycles. The highest BCUT2D eigenvalue weighted by Gasteiger charge is 2.18. The van der Waals surface area contributed by atoms with E-state index in [9.17, 15) is 9.59 Å². The summed E-state index contributed by atoms with van der Waals surface area (Å²) < 4.78 is 1.08. The first-order valence-corrected chi connectivity index (χ1v) is 8.81. The lowest BCUT2D eigenvalue weighted by molar-refractivity contribution is 0.102. The van der Waals surface area contributed by atoms with E-state index in [1.165, 1.54) is 0 Å². The molecule has 0 bridgehead atoms. The van der Waals surface area contributed by atoms with Crippen LogP contribution >= 0.6 is 0 Å². The van der Waals surface area contributed by atoms with Crippen LogP contribution in [0.4, 0.5) is 16.4 Å². The third-order valence-electron chi connectivity index (χ3n) is 4.19. The molecule has 0 spiro atoms. The largest absolute Gasteiger partial charge is 0.384 e. The number of amides is 2. The first-order chi connectivity index (χ1) is 13.7. The van der Waals surface area contributed by atoms with Crippen molar-refractivity contribution in [3.8, 4) is 0 Å². The van der Waals surface area contributed by atoms with Crippen molar-refractivity contribution in [1.29, 1.82) is 5.41 Å². The number of aryl methyl sites for hydroxylation is 3. The minimum Gasteiger partial charge on any atom is -0.384 e. The van der Waals surface area contributed by atoms with Crippen LogP contribution in [0.15, 0.2) is 42.6 Å². The number of hydrogen-bond acceptors (Lipinski definition) is 5. The second-order valence-corrected chi connectivity index (χ2v) is 6.63. The fourth-order valence-electron chi connectivity index (χ4n) is 2.72. The minimum absolute atomic E-state index is 0.0739. The molecule has 9 heteroatoms. The molecule has 0 aliphatic rings. The summed E-state index contributed by atoms with van der Waals surface area (Å²) in [5, 5.41) is 17.0. The van der Waals surface area contributed by atoms with Gasteiger partial charge in [0.15, 0.2) is 0 Å². The number of nitrogen functional groups attached to an aromatic ring is 1. The minimum atomic E-state index is -0.548. The zero-order valence-corrected chi connectivity index (χ0v) is 16.3. The number of amidine groups is 1. The van der Waals surface area contributed by atoms with Crippen LogP contribution in [0.5, 0.6) is 0 Å². The number of hydrogen-bond donors (Lipinski definition) is 4.